The highest BCUT2D eigenvalue weighted by Gasteiger charge is 2.17. The van der Waals surface area contributed by atoms with Crippen LogP contribution < -0.4 is 20.5 Å². The van der Waals surface area contributed by atoms with Gasteiger partial charge in [0.2, 0.25) is 11.9 Å². The largest absolute Gasteiger partial charge is 0.493 e. The molecule has 0 amide bonds. The number of hydrogen-bond donors (Lipinski definition) is 2. The quantitative estimate of drug-likeness (QED) is 0.866. The highest BCUT2D eigenvalue weighted by Crippen LogP contribution is 2.33. The van der Waals surface area contributed by atoms with Gasteiger partial charge < -0.3 is 20.5 Å². The van der Waals surface area contributed by atoms with Gasteiger partial charge in [-0.05, 0) is 17.7 Å². The standard InChI is InChI=1S/C13H14BrN5O2/c1-20-13-18-11(15)17-12(19-13)16-6-8-5-9(14)4-7-2-3-21-10(7)8/h4-5H,2-3,6H2,1H3,(H3,15,16,17,18,19). The SMILES string of the molecule is COc1nc(N)nc(NCc2cc(Br)cc3c2OCC3)n1. The van der Waals surface area contributed by atoms with Gasteiger partial charge in [0.25, 0.3) is 0 Å². The normalized spacial score (nSPS) is 12.7. The van der Waals surface area contributed by atoms with Crippen molar-refractivity contribution in [1.29, 1.82) is 0 Å². The number of aromatic nitrogens is 3. The Labute approximate surface area is 130 Å². The van der Waals surface area contributed by atoms with Crippen LogP contribution in [0.3, 0.4) is 0 Å². The van der Waals surface area contributed by atoms with Crippen molar-refractivity contribution in [3.05, 3.63) is 27.7 Å². The van der Waals surface area contributed by atoms with E-state index in [0.717, 1.165) is 22.2 Å². The molecule has 21 heavy (non-hydrogen) atoms. The first kappa shape index (κ1) is 13.9. The van der Waals surface area contributed by atoms with Crippen molar-refractivity contribution in [3.8, 4) is 11.8 Å². The molecule has 0 saturated heterocycles. The first-order valence-corrected chi connectivity index (χ1v) is 7.18. The third kappa shape index (κ3) is 2.99. The van der Waals surface area contributed by atoms with Crippen LogP contribution in [0.1, 0.15) is 11.1 Å². The Morgan fingerprint density at radius 2 is 2.24 bits per heavy atom. The van der Waals surface area contributed by atoms with E-state index in [1.165, 1.54) is 12.7 Å². The Kier molecular flexibility index (Phi) is 3.78. The summed E-state index contributed by atoms with van der Waals surface area (Å²) in [5, 5.41) is 3.11. The number of nitrogens with two attached hydrogens (primary N) is 1. The second kappa shape index (κ2) is 5.72. The van der Waals surface area contributed by atoms with Gasteiger partial charge in [-0.2, -0.15) is 15.0 Å². The van der Waals surface area contributed by atoms with Crippen LogP contribution in [0.15, 0.2) is 16.6 Å². The number of hydrogen-bond acceptors (Lipinski definition) is 7. The Morgan fingerprint density at radius 1 is 1.38 bits per heavy atom. The molecule has 3 rings (SSSR count). The van der Waals surface area contributed by atoms with Gasteiger partial charge in [0, 0.05) is 23.0 Å². The second-order valence-electron chi connectivity index (χ2n) is 4.51. The number of nitrogen functional groups attached to an aromatic ring is 1. The summed E-state index contributed by atoms with van der Waals surface area (Å²) in [4.78, 5) is 12.0. The molecule has 0 aliphatic carbocycles. The van der Waals surface area contributed by atoms with Crippen LogP contribution in [-0.2, 0) is 13.0 Å². The lowest BCUT2D eigenvalue weighted by atomic mass is 10.1. The van der Waals surface area contributed by atoms with E-state index in [1.807, 2.05) is 6.07 Å². The minimum absolute atomic E-state index is 0.111. The predicted octanol–water partition coefficient (Wildman–Crippen LogP) is 1.77. The van der Waals surface area contributed by atoms with E-state index in [2.05, 4.69) is 42.3 Å². The van der Waals surface area contributed by atoms with Crippen molar-refractivity contribution in [2.45, 2.75) is 13.0 Å². The summed E-state index contributed by atoms with van der Waals surface area (Å²) < 4.78 is 11.7. The minimum Gasteiger partial charge on any atom is -0.493 e. The van der Waals surface area contributed by atoms with Crippen molar-refractivity contribution in [1.82, 2.24) is 15.0 Å². The zero-order valence-electron chi connectivity index (χ0n) is 11.4. The van der Waals surface area contributed by atoms with Crippen molar-refractivity contribution in [2.75, 3.05) is 24.8 Å². The average molecular weight is 352 g/mol. The molecule has 0 atom stereocenters. The summed E-state index contributed by atoms with van der Waals surface area (Å²) in [7, 11) is 1.48. The van der Waals surface area contributed by atoms with Gasteiger partial charge in [-0.1, -0.05) is 15.9 Å². The molecule has 1 aromatic heterocycles. The Bertz CT molecular complexity index is 680. The maximum Gasteiger partial charge on any atom is 0.322 e. The van der Waals surface area contributed by atoms with Crippen LogP contribution in [0.25, 0.3) is 0 Å². The number of nitrogens with one attached hydrogen (secondary N) is 1. The number of benzene rings is 1. The molecule has 0 fully saturated rings. The lowest BCUT2D eigenvalue weighted by molar-refractivity contribution is 0.353. The monoisotopic (exact) mass is 351 g/mol. The maximum atomic E-state index is 5.68. The molecule has 0 spiro atoms. The third-order valence-electron chi connectivity index (χ3n) is 3.08. The van der Waals surface area contributed by atoms with Gasteiger partial charge in [0.05, 0.1) is 13.7 Å². The summed E-state index contributed by atoms with van der Waals surface area (Å²) in [5.41, 5.74) is 7.84. The molecule has 3 N–H and O–H groups in total. The molecule has 7 nitrogen and oxygen atoms in total. The van der Waals surface area contributed by atoms with Gasteiger partial charge in [-0.3, -0.25) is 0 Å². The highest BCUT2D eigenvalue weighted by molar-refractivity contribution is 9.10. The molecular formula is C13H14BrN5O2. The van der Waals surface area contributed by atoms with E-state index in [1.54, 1.807) is 0 Å². The van der Waals surface area contributed by atoms with Gasteiger partial charge in [0.1, 0.15) is 5.75 Å². The van der Waals surface area contributed by atoms with Gasteiger partial charge in [0.15, 0.2) is 0 Å². The van der Waals surface area contributed by atoms with Crippen LogP contribution in [-0.4, -0.2) is 28.7 Å². The molecule has 0 unspecified atom stereocenters. The zero-order valence-corrected chi connectivity index (χ0v) is 13.0. The topological polar surface area (TPSA) is 95.2 Å². The number of ether oxygens (including phenoxy) is 2. The van der Waals surface area contributed by atoms with Crippen LogP contribution in [0, 0.1) is 0 Å². The van der Waals surface area contributed by atoms with Gasteiger partial charge in [-0.15, -0.1) is 0 Å². The van der Waals surface area contributed by atoms with Crippen LogP contribution in [0.5, 0.6) is 11.8 Å². The van der Waals surface area contributed by atoms with E-state index in [4.69, 9.17) is 15.2 Å². The van der Waals surface area contributed by atoms with Crippen LogP contribution in [0.4, 0.5) is 11.9 Å². The summed E-state index contributed by atoms with van der Waals surface area (Å²) in [5.74, 6) is 1.41. The summed E-state index contributed by atoms with van der Waals surface area (Å²) in [6.07, 6.45) is 0.925. The molecule has 110 valence electrons. The Hall–Kier alpha value is -2.09. The fraction of sp³-hybridized carbons (Fsp3) is 0.308. The van der Waals surface area contributed by atoms with E-state index in [0.29, 0.717) is 19.1 Å². The molecule has 2 aromatic rings. The number of rotatable bonds is 4. The number of nitrogens with zero attached hydrogens (tertiary/aromatic N) is 3. The molecule has 0 bridgehead atoms. The van der Waals surface area contributed by atoms with E-state index < -0.39 is 0 Å². The first-order valence-electron chi connectivity index (χ1n) is 6.39. The van der Waals surface area contributed by atoms with E-state index in [-0.39, 0.29) is 12.0 Å². The average Bonchev–Trinajstić information content (AvgIpc) is 2.92. The number of anilines is 2. The van der Waals surface area contributed by atoms with E-state index in [9.17, 15) is 0 Å². The molecule has 2 heterocycles. The lowest BCUT2D eigenvalue weighted by Crippen LogP contribution is -2.09. The molecule has 0 radical (unpaired) electrons. The fourth-order valence-electron chi connectivity index (χ4n) is 2.19. The molecule has 0 saturated carbocycles. The van der Waals surface area contributed by atoms with Gasteiger partial charge >= 0.3 is 6.01 Å². The minimum atomic E-state index is 0.111. The molecule has 1 aliphatic rings. The summed E-state index contributed by atoms with van der Waals surface area (Å²) in [6, 6.07) is 4.27. The summed E-state index contributed by atoms with van der Waals surface area (Å²) in [6.45, 7) is 1.24. The number of halogens is 1. The predicted molar refractivity (Wildman–Crippen MR) is 81.5 cm³/mol. The molecule has 8 heteroatoms. The van der Waals surface area contributed by atoms with E-state index >= 15 is 0 Å². The first-order chi connectivity index (χ1) is 10.2. The zero-order chi connectivity index (χ0) is 14.8. The second-order valence-corrected chi connectivity index (χ2v) is 5.42. The smallest absolute Gasteiger partial charge is 0.322 e. The number of fused-ring (bicyclic) bond motifs is 1. The van der Waals surface area contributed by atoms with Crippen molar-refractivity contribution in [3.63, 3.8) is 0 Å². The maximum absolute atomic E-state index is 5.68. The highest BCUT2D eigenvalue weighted by atomic mass is 79.9. The molecular weight excluding hydrogens is 338 g/mol. The Morgan fingerprint density at radius 3 is 3.05 bits per heavy atom. The number of methoxy groups -OCH3 is 1. The van der Waals surface area contributed by atoms with Crippen molar-refractivity contribution in [2.24, 2.45) is 0 Å². The van der Waals surface area contributed by atoms with Crippen LogP contribution >= 0.6 is 15.9 Å². The Balaban J connectivity index is 1.81. The van der Waals surface area contributed by atoms with Crippen molar-refractivity contribution < 1.29 is 9.47 Å². The van der Waals surface area contributed by atoms with Crippen molar-refractivity contribution >= 4 is 27.8 Å². The third-order valence-corrected chi connectivity index (χ3v) is 3.53. The lowest BCUT2D eigenvalue weighted by Gasteiger charge is -2.10. The molecule has 1 aromatic carbocycles. The summed E-state index contributed by atoms with van der Waals surface area (Å²) >= 11 is 3.51. The van der Waals surface area contributed by atoms with Crippen LogP contribution in [0.2, 0.25) is 0 Å². The molecule has 1 aliphatic heterocycles. The fourth-order valence-corrected chi connectivity index (χ4v) is 2.75. The van der Waals surface area contributed by atoms with Gasteiger partial charge in [-0.25, -0.2) is 0 Å².